The van der Waals surface area contributed by atoms with Crippen molar-refractivity contribution in [2.45, 2.75) is 51.3 Å². The first-order valence-corrected chi connectivity index (χ1v) is 6.85. The topological polar surface area (TPSA) is 38.3 Å². The van der Waals surface area contributed by atoms with Crippen LogP contribution in [0.1, 0.15) is 31.9 Å². The fourth-order valence-electron chi connectivity index (χ4n) is 1.93. The van der Waals surface area contributed by atoms with Gasteiger partial charge in [0.1, 0.15) is 5.60 Å². The Morgan fingerprint density at radius 1 is 1.04 bits per heavy atom. The highest BCUT2D eigenvalue weighted by atomic mass is 19.4. The lowest BCUT2D eigenvalue weighted by Crippen LogP contribution is -2.51. The first-order valence-electron chi connectivity index (χ1n) is 6.85. The van der Waals surface area contributed by atoms with Gasteiger partial charge < -0.3 is 4.74 Å². The summed E-state index contributed by atoms with van der Waals surface area (Å²) in [6.45, 7) is 5.37. The summed E-state index contributed by atoms with van der Waals surface area (Å²) in [7, 11) is 0. The van der Waals surface area contributed by atoms with Crippen LogP contribution in [0.3, 0.4) is 0 Å². The number of carbonyl (C=O) groups is 1. The molecular formula is C15H15F7NO2. The minimum absolute atomic E-state index is 0.265. The Hall–Kier alpha value is -2.00. The lowest BCUT2D eigenvalue weighted by Gasteiger charge is -2.32. The number of hydrogen-bond donors (Lipinski definition) is 1. The second-order valence-electron chi connectivity index (χ2n) is 6.17. The zero-order valence-electron chi connectivity index (χ0n) is 13.6. The van der Waals surface area contributed by atoms with Gasteiger partial charge in [-0.1, -0.05) is 12.1 Å². The smallest absolute Gasteiger partial charge is 0.436 e. The molecule has 0 saturated carbocycles. The lowest BCUT2D eigenvalue weighted by atomic mass is 9.90. The molecule has 1 aromatic carbocycles. The van der Waals surface area contributed by atoms with E-state index in [4.69, 9.17) is 4.74 Å². The molecule has 0 heterocycles. The molecule has 0 unspecified atom stereocenters. The molecular weight excluding hydrogens is 359 g/mol. The Morgan fingerprint density at radius 3 is 1.92 bits per heavy atom. The van der Waals surface area contributed by atoms with Crippen LogP contribution in [0, 0.1) is 13.0 Å². The Balaban J connectivity index is 3.52. The predicted molar refractivity (Wildman–Crippen MR) is 74.8 cm³/mol. The van der Waals surface area contributed by atoms with Gasteiger partial charge in [0.05, 0.1) is 5.69 Å². The predicted octanol–water partition coefficient (Wildman–Crippen LogP) is 5.43. The van der Waals surface area contributed by atoms with Crippen LogP contribution in [0.25, 0.3) is 0 Å². The third kappa shape index (κ3) is 4.35. The quantitative estimate of drug-likeness (QED) is 0.701. The van der Waals surface area contributed by atoms with E-state index in [9.17, 15) is 35.5 Å². The summed E-state index contributed by atoms with van der Waals surface area (Å²) < 4.78 is 96.8. The summed E-state index contributed by atoms with van der Waals surface area (Å²) >= 11 is 0. The van der Waals surface area contributed by atoms with Crippen molar-refractivity contribution in [3.63, 3.8) is 0 Å². The van der Waals surface area contributed by atoms with E-state index in [1.54, 1.807) is 5.32 Å². The number of benzene rings is 1. The molecule has 1 amide bonds. The van der Waals surface area contributed by atoms with Crippen molar-refractivity contribution < 1.29 is 40.3 Å². The van der Waals surface area contributed by atoms with Crippen molar-refractivity contribution in [1.82, 2.24) is 0 Å². The van der Waals surface area contributed by atoms with Gasteiger partial charge >= 0.3 is 24.1 Å². The Morgan fingerprint density at radius 2 is 1.52 bits per heavy atom. The normalized spacial score (nSPS) is 13.6. The number of alkyl halides is 7. The van der Waals surface area contributed by atoms with Crippen LogP contribution in [-0.2, 0) is 10.4 Å². The molecule has 141 valence electrons. The molecule has 3 nitrogen and oxygen atoms in total. The number of ether oxygens (including phenoxy) is 1. The van der Waals surface area contributed by atoms with Crippen LogP contribution in [-0.4, -0.2) is 24.0 Å². The van der Waals surface area contributed by atoms with E-state index in [1.807, 2.05) is 0 Å². The van der Waals surface area contributed by atoms with Crippen molar-refractivity contribution in [1.29, 1.82) is 0 Å². The van der Waals surface area contributed by atoms with Gasteiger partial charge in [0.15, 0.2) is 0 Å². The van der Waals surface area contributed by atoms with Gasteiger partial charge in [-0.3, -0.25) is 5.32 Å². The van der Waals surface area contributed by atoms with Gasteiger partial charge in [-0.05, 0) is 39.3 Å². The van der Waals surface area contributed by atoms with E-state index >= 15 is 0 Å². The molecule has 0 fully saturated rings. The molecule has 1 rings (SSSR count). The molecule has 0 aromatic heterocycles. The highest BCUT2D eigenvalue weighted by Crippen LogP contribution is 2.55. The largest absolute Gasteiger partial charge is 0.444 e. The van der Waals surface area contributed by atoms with E-state index in [-0.39, 0.29) is 11.6 Å². The molecule has 1 N–H and O–H groups in total. The van der Waals surface area contributed by atoms with Crippen LogP contribution in [0.2, 0.25) is 0 Å². The standard InChI is InChI=1S/C15H15F7NO2/c1-8-6-5-7-9(10(8)23-11(24)25-12(2,3)4)13(16,14(17,18)19)15(20,21)22/h5,7H,1-4H3,(H,23,24). The van der Waals surface area contributed by atoms with Crippen molar-refractivity contribution in [2.24, 2.45) is 0 Å². The average Bonchev–Trinajstić information content (AvgIpc) is 2.35. The summed E-state index contributed by atoms with van der Waals surface area (Å²) in [4.78, 5) is 11.7. The van der Waals surface area contributed by atoms with E-state index in [1.165, 1.54) is 20.8 Å². The second kappa shape index (κ2) is 6.38. The Labute approximate surface area is 139 Å². The molecule has 0 spiro atoms. The fourth-order valence-corrected chi connectivity index (χ4v) is 1.93. The maximum atomic E-state index is 14.3. The molecule has 10 heteroatoms. The number of nitrogens with one attached hydrogen (secondary N) is 1. The maximum absolute atomic E-state index is 14.3. The number of hydrogen-bond acceptors (Lipinski definition) is 2. The molecule has 1 radical (unpaired) electrons. The summed E-state index contributed by atoms with van der Waals surface area (Å²) in [6.07, 6.45) is -13.9. The molecule has 0 atom stereocenters. The molecule has 0 aliphatic carbocycles. The van der Waals surface area contributed by atoms with E-state index < -0.39 is 41.0 Å². The average molecular weight is 374 g/mol. The maximum Gasteiger partial charge on any atom is 0.436 e. The zero-order chi connectivity index (χ0) is 19.8. The van der Waals surface area contributed by atoms with E-state index in [0.717, 1.165) is 6.92 Å². The number of halogens is 7. The van der Waals surface area contributed by atoms with Crippen LogP contribution < -0.4 is 5.32 Å². The molecule has 25 heavy (non-hydrogen) atoms. The van der Waals surface area contributed by atoms with Gasteiger partial charge in [0.25, 0.3) is 0 Å². The molecule has 0 aliphatic rings. The number of amides is 1. The van der Waals surface area contributed by atoms with Gasteiger partial charge in [0.2, 0.25) is 0 Å². The van der Waals surface area contributed by atoms with Gasteiger partial charge in [-0.25, -0.2) is 9.18 Å². The summed E-state index contributed by atoms with van der Waals surface area (Å²) in [5.41, 5.74) is -9.87. The first-order chi connectivity index (χ1) is 11.0. The zero-order valence-corrected chi connectivity index (χ0v) is 13.6. The Kier molecular flexibility index (Phi) is 5.37. The van der Waals surface area contributed by atoms with Crippen molar-refractivity contribution in [3.8, 4) is 0 Å². The highest BCUT2D eigenvalue weighted by Gasteiger charge is 2.74. The van der Waals surface area contributed by atoms with Crippen LogP contribution in [0.4, 0.5) is 41.2 Å². The highest BCUT2D eigenvalue weighted by molar-refractivity contribution is 5.87. The summed E-state index contributed by atoms with van der Waals surface area (Å²) in [6, 6.07) is 3.28. The number of carbonyl (C=O) groups excluding carboxylic acids is 1. The van der Waals surface area contributed by atoms with E-state index in [0.29, 0.717) is 6.07 Å². The summed E-state index contributed by atoms with van der Waals surface area (Å²) in [5.74, 6) is 0. The van der Waals surface area contributed by atoms with E-state index in [2.05, 4.69) is 6.07 Å². The SMILES string of the molecule is Cc1[c]ccc(C(F)(C(F)(F)F)C(F)(F)F)c1NC(=O)OC(C)(C)C. The second-order valence-corrected chi connectivity index (χ2v) is 6.17. The third-order valence-corrected chi connectivity index (χ3v) is 2.97. The van der Waals surface area contributed by atoms with Crippen molar-refractivity contribution in [3.05, 3.63) is 29.3 Å². The molecule has 0 aliphatic heterocycles. The molecule has 0 bridgehead atoms. The minimum atomic E-state index is -6.30. The number of anilines is 1. The van der Waals surface area contributed by atoms with Gasteiger partial charge in [-0.15, -0.1) is 0 Å². The first kappa shape index (κ1) is 21.0. The van der Waals surface area contributed by atoms with Crippen LogP contribution in [0.5, 0.6) is 0 Å². The van der Waals surface area contributed by atoms with Crippen molar-refractivity contribution in [2.75, 3.05) is 5.32 Å². The fraction of sp³-hybridized carbons (Fsp3) is 0.533. The van der Waals surface area contributed by atoms with Gasteiger partial charge in [-0.2, -0.15) is 26.3 Å². The third-order valence-electron chi connectivity index (χ3n) is 2.97. The number of rotatable bonds is 2. The molecule has 0 saturated heterocycles. The number of aryl methyl sites for hydroxylation is 1. The minimum Gasteiger partial charge on any atom is -0.444 e. The van der Waals surface area contributed by atoms with Gasteiger partial charge in [0, 0.05) is 5.56 Å². The van der Waals surface area contributed by atoms with Crippen molar-refractivity contribution >= 4 is 11.8 Å². The van der Waals surface area contributed by atoms with Crippen LogP contribution >= 0.6 is 0 Å². The molecule has 1 aromatic rings. The van der Waals surface area contributed by atoms with Crippen LogP contribution in [0.15, 0.2) is 12.1 Å². The summed E-state index contributed by atoms with van der Waals surface area (Å²) in [5, 5.41) is 1.75. The Bertz CT molecular complexity index is 631. The monoisotopic (exact) mass is 374 g/mol. The lowest BCUT2D eigenvalue weighted by molar-refractivity contribution is -0.348.